The van der Waals surface area contributed by atoms with Crippen molar-refractivity contribution in [3.63, 3.8) is 0 Å². The molecule has 2 heteroatoms. The fraction of sp³-hybridized carbons (Fsp3) is 0.400. The Balaban J connectivity index is 2.42. The topological polar surface area (TPSA) is 19.9 Å². The van der Waals surface area contributed by atoms with Gasteiger partial charge >= 0.3 is 0 Å². The van der Waals surface area contributed by atoms with Gasteiger partial charge in [0.25, 0.3) is 0 Å². The molecule has 1 aliphatic carbocycles. The van der Waals surface area contributed by atoms with E-state index in [4.69, 9.17) is 0 Å². The summed E-state index contributed by atoms with van der Waals surface area (Å²) in [5.41, 5.74) is 2.27. The average Bonchev–Trinajstić information content (AvgIpc) is 2.12. The summed E-state index contributed by atoms with van der Waals surface area (Å²) < 4.78 is 0.275. The molecule has 0 amide bonds. The molecule has 1 aromatic rings. The number of hydrogen-bond donors (Lipinski definition) is 0. The van der Waals surface area contributed by atoms with Crippen molar-refractivity contribution in [3.8, 4) is 0 Å². The Morgan fingerprint density at radius 1 is 1.33 bits per heavy atom. The third-order valence-corrected chi connectivity index (χ3v) is 3.66. The Kier molecular flexibility index (Phi) is 2.37. The van der Waals surface area contributed by atoms with Crippen LogP contribution in [-0.2, 0) is 11.5 Å². The normalized spacial score (nSPS) is 28.2. The zero-order valence-corrected chi connectivity index (χ0v) is 8.82. The van der Waals surface area contributed by atoms with Gasteiger partial charge in [0.1, 0.15) is 6.10 Å². The molecule has 63 valence electrons. The van der Waals surface area contributed by atoms with Gasteiger partial charge in [0.15, 0.2) is 0 Å². The van der Waals surface area contributed by atoms with Crippen molar-refractivity contribution in [2.24, 2.45) is 0 Å². The first-order valence-electron chi connectivity index (χ1n) is 4.17. The molecule has 0 fully saturated rings. The van der Waals surface area contributed by atoms with Crippen molar-refractivity contribution in [2.75, 3.05) is 0 Å². The zero-order valence-electron chi connectivity index (χ0n) is 6.66. The van der Waals surface area contributed by atoms with Gasteiger partial charge in [-0.1, -0.05) is 46.9 Å². The Morgan fingerprint density at radius 2 is 2.08 bits per heavy atom. The monoisotopic (exact) mass is 273 g/mol. The van der Waals surface area contributed by atoms with Crippen molar-refractivity contribution in [3.05, 3.63) is 35.4 Å². The summed E-state index contributed by atoms with van der Waals surface area (Å²) in [6.45, 7) is 0. The molecule has 0 N–H and O–H groups in total. The number of benzene rings is 1. The minimum Gasteiger partial charge on any atom is -0.227 e. The van der Waals surface area contributed by atoms with E-state index in [1.807, 2.05) is 18.2 Å². The third kappa shape index (κ3) is 1.38. The van der Waals surface area contributed by atoms with Gasteiger partial charge in [-0.05, 0) is 24.0 Å². The van der Waals surface area contributed by atoms with Gasteiger partial charge < -0.3 is 0 Å². The highest BCUT2D eigenvalue weighted by atomic mass is 127. The van der Waals surface area contributed by atoms with Crippen LogP contribution in [0.4, 0.5) is 0 Å². The average molecular weight is 273 g/mol. The lowest BCUT2D eigenvalue weighted by molar-refractivity contribution is 0.0831. The lowest BCUT2D eigenvalue weighted by Gasteiger charge is -2.24. The van der Waals surface area contributed by atoms with E-state index in [9.17, 15) is 5.11 Å². The highest BCUT2D eigenvalue weighted by Gasteiger charge is 2.26. The van der Waals surface area contributed by atoms with Gasteiger partial charge in [0.2, 0.25) is 0 Å². The number of halogens is 1. The molecule has 1 radical (unpaired) electrons. The molecule has 0 aliphatic heterocycles. The quantitative estimate of drug-likeness (QED) is 0.511. The molecular formula is C10H10IO. The minimum atomic E-state index is -0.504. The largest absolute Gasteiger partial charge is 0.227 e. The van der Waals surface area contributed by atoms with Crippen molar-refractivity contribution in [1.82, 2.24) is 0 Å². The van der Waals surface area contributed by atoms with Gasteiger partial charge in [-0.15, -0.1) is 0 Å². The number of aryl methyl sites for hydroxylation is 1. The summed E-state index contributed by atoms with van der Waals surface area (Å²) >= 11 is 2.27. The van der Waals surface area contributed by atoms with E-state index in [0.29, 0.717) is 0 Å². The van der Waals surface area contributed by atoms with Crippen molar-refractivity contribution in [1.29, 1.82) is 0 Å². The summed E-state index contributed by atoms with van der Waals surface area (Å²) in [6.07, 6.45) is 1.60. The lowest BCUT2D eigenvalue weighted by Crippen LogP contribution is -2.18. The fourth-order valence-corrected chi connectivity index (χ4v) is 2.38. The molecule has 1 nitrogen and oxygen atoms in total. The predicted molar refractivity (Wildman–Crippen MR) is 56.0 cm³/mol. The van der Waals surface area contributed by atoms with Crippen LogP contribution in [0.1, 0.15) is 23.7 Å². The van der Waals surface area contributed by atoms with Crippen LogP contribution in [-0.4, -0.2) is 3.92 Å². The lowest BCUT2D eigenvalue weighted by atomic mass is 9.90. The first kappa shape index (κ1) is 8.51. The zero-order chi connectivity index (χ0) is 8.55. The Hall–Kier alpha value is -0.0900. The van der Waals surface area contributed by atoms with Crippen molar-refractivity contribution >= 4 is 22.6 Å². The molecule has 0 aromatic heterocycles. The third-order valence-electron chi connectivity index (χ3n) is 2.38. The molecule has 0 saturated heterocycles. The van der Waals surface area contributed by atoms with Crippen LogP contribution in [0.3, 0.4) is 0 Å². The smallest absolute Gasteiger partial charge is 0.130 e. The molecule has 0 spiro atoms. The van der Waals surface area contributed by atoms with Gasteiger partial charge in [-0.25, -0.2) is 5.11 Å². The molecule has 0 heterocycles. The first-order valence-corrected chi connectivity index (χ1v) is 5.41. The Morgan fingerprint density at radius 3 is 2.92 bits per heavy atom. The highest BCUT2D eigenvalue weighted by molar-refractivity contribution is 14.1. The van der Waals surface area contributed by atoms with E-state index >= 15 is 0 Å². The molecule has 1 aromatic carbocycles. The Labute approximate surface area is 85.9 Å². The van der Waals surface area contributed by atoms with Crippen LogP contribution in [0.5, 0.6) is 0 Å². The van der Waals surface area contributed by atoms with Crippen LogP contribution in [0, 0.1) is 0 Å². The fourth-order valence-electron chi connectivity index (χ4n) is 1.68. The molecule has 2 atom stereocenters. The number of hydrogen-bond acceptors (Lipinski definition) is 0. The van der Waals surface area contributed by atoms with Crippen LogP contribution < -0.4 is 0 Å². The summed E-state index contributed by atoms with van der Waals surface area (Å²) in [7, 11) is 0. The van der Waals surface area contributed by atoms with Gasteiger partial charge in [0.05, 0.1) is 0 Å². The number of rotatable bonds is 0. The summed E-state index contributed by atoms with van der Waals surface area (Å²) in [6, 6.07) is 8.01. The van der Waals surface area contributed by atoms with E-state index in [1.54, 1.807) is 0 Å². The summed E-state index contributed by atoms with van der Waals surface area (Å²) in [5.74, 6) is 0. The van der Waals surface area contributed by atoms with Gasteiger partial charge in [0, 0.05) is 3.92 Å². The second-order valence-electron chi connectivity index (χ2n) is 3.17. The number of alkyl halides is 1. The van der Waals surface area contributed by atoms with E-state index in [0.717, 1.165) is 18.4 Å². The molecule has 0 bridgehead atoms. The van der Waals surface area contributed by atoms with E-state index < -0.39 is 6.10 Å². The summed E-state index contributed by atoms with van der Waals surface area (Å²) in [4.78, 5) is 0. The van der Waals surface area contributed by atoms with E-state index in [1.165, 1.54) is 5.56 Å². The van der Waals surface area contributed by atoms with Crippen molar-refractivity contribution in [2.45, 2.75) is 22.9 Å². The summed E-state index contributed by atoms with van der Waals surface area (Å²) in [5, 5.41) is 11.7. The van der Waals surface area contributed by atoms with Crippen LogP contribution >= 0.6 is 22.6 Å². The molecule has 1 aliphatic rings. The van der Waals surface area contributed by atoms with Crippen LogP contribution in [0.15, 0.2) is 24.3 Å². The van der Waals surface area contributed by atoms with Crippen LogP contribution in [0.25, 0.3) is 0 Å². The standard InChI is InChI=1S/C10H10IO/c11-9-6-5-7-3-1-2-4-8(7)10(9)12/h1-4,9-10H,5-6H2. The second kappa shape index (κ2) is 3.34. The maximum absolute atomic E-state index is 11.7. The van der Waals surface area contributed by atoms with Gasteiger partial charge in [-0.3, -0.25) is 0 Å². The maximum Gasteiger partial charge on any atom is 0.130 e. The molecular weight excluding hydrogens is 263 g/mol. The predicted octanol–water partition coefficient (Wildman–Crippen LogP) is 2.91. The number of fused-ring (bicyclic) bond motifs is 1. The second-order valence-corrected chi connectivity index (χ2v) is 4.77. The minimum absolute atomic E-state index is 0.275. The van der Waals surface area contributed by atoms with E-state index in [2.05, 4.69) is 28.7 Å². The molecule has 0 saturated carbocycles. The van der Waals surface area contributed by atoms with Gasteiger partial charge in [-0.2, -0.15) is 0 Å². The van der Waals surface area contributed by atoms with Crippen molar-refractivity contribution < 1.29 is 5.11 Å². The Bertz CT molecular complexity index is 285. The highest BCUT2D eigenvalue weighted by Crippen LogP contribution is 2.34. The first-order chi connectivity index (χ1) is 5.79. The van der Waals surface area contributed by atoms with E-state index in [-0.39, 0.29) is 3.92 Å². The molecule has 2 unspecified atom stereocenters. The van der Waals surface area contributed by atoms with Crippen LogP contribution in [0.2, 0.25) is 0 Å². The SMILES string of the molecule is [O]C1c2ccccc2CCC1I. The maximum atomic E-state index is 11.7. The molecule has 2 rings (SSSR count). The molecule has 12 heavy (non-hydrogen) atoms.